The minimum Gasteiger partial charge on any atom is -0.348 e. The van der Waals surface area contributed by atoms with E-state index < -0.39 is 0 Å². The van der Waals surface area contributed by atoms with Crippen molar-refractivity contribution in [3.05, 3.63) is 95.2 Å². The number of hydrogen-bond donors (Lipinski definition) is 1. The van der Waals surface area contributed by atoms with Gasteiger partial charge in [0, 0.05) is 11.9 Å². The first-order chi connectivity index (χ1) is 14.5. The van der Waals surface area contributed by atoms with Crippen LogP contribution in [-0.4, -0.2) is 22.5 Å². The Morgan fingerprint density at radius 1 is 1.03 bits per heavy atom. The van der Waals surface area contributed by atoms with Crippen LogP contribution in [0.1, 0.15) is 21.5 Å². The number of rotatable bonds is 4. The number of aromatic nitrogens is 2. The molecule has 0 unspecified atom stereocenters. The topological polar surface area (TPSA) is 64.0 Å². The molecule has 0 saturated heterocycles. The van der Waals surface area contributed by atoms with Gasteiger partial charge >= 0.3 is 0 Å². The molecule has 4 aromatic rings. The number of carbonyl (C=O) groups excluding carboxylic acids is 2. The average molecular weight is 407 g/mol. The van der Waals surface area contributed by atoms with Crippen LogP contribution in [0.2, 0.25) is 0 Å². The second-order valence-electron chi connectivity index (χ2n) is 6.52. The Morgan fingerprint density at radius 2 is 1.73 bits per heavy atom. The summed E-state index contributed by atoms with van der Waals surface area (Å²) >= 11 is 0. The van der Waals surface area contributed by atoms with Crippen molar-refractivity contribution in [2.24, 2.45) is 0 Å². The minimum atomic E-state index is -0.323. The highest BCUT2D eigenvalue weighted by atomic mass is 19.1. The molecule has 5 nitrogen and oxygen atoms in total. The number of halogens is 2. The Hall–Kier alpha value is -3.87. The van der Waals surface area contributed by atoms with E-state index in [0.717, 1.165) is 16.6 Å². The molecule has 0 aliphatic rings. The van der Waals surface area contributed by atoms with Crippen molar-refractivity contribution in [2.75, 3.05) is 0 Å². The van der Waals surface area contributed by atoms with Gasteiger partial charge in [0.1, 0.15) is 18.4 Å². The lowest BCUT2D eigenvalue weighted by Gasteiger charge is -2.09. The number of fused-ring (bicyclic) bond motifs is 1. The maximum absolute atomic E-state index is 13.2. The number of aryl methyl sites for hydroxylation is 1. The Morgan fingerprint density at radius 3 is 2.43 bits per heavy atom. The third-order valence-corrected chi connectivity index (χ3v) is 4.67. The van der Waals surface area contributed by atoms with Crippen molar-refractivity contribution >= 4 is 23.6 Å². The summed E-state index contributed by atoms with van der Waals surface area (Å²) in [7, 11) is 0. The van der Waals surface area contributed by atoms with E-state index in [4.69, 9.17) is 4.79 Å². The normalized spacial score (nSPS) is 10.4. The molecule has 0 aliphatic carbocycles. The van der Waals surface area contributed by atoms with Crippen LogP contribution in [0.3, 0.4) is 0 Å². The molecule has 0 bridgehead atoms. The fourth-order valence-corrected chi connectivity index (χ4v) is 3.17. The lowest BCUT2D eigenvalue weighted by atomic mass is 10.1. The van der Waals surface area contributed by atoms with E-state index in [1.165, 1.54) is 24.3 Å². The summed E-state index contributed by atoms with van der Waals surface area (Å²) < 4.78 is 28.1. The maximum atomic E-state index is 13.2. The first-order valence-corrected chi connectivity index (χ1v) is 9.08. The number of hydrogen-bond acceptors (Lipinski definition) is 3. The predicted octanol–water partition coefficient (Wildman–Crippen LogP) is 4.36. The summed E-state index contributed by atoms with van der Waals surface area (Å²) in [6, 6.07) is 15.8. The Labute approximate surface area is 172 Å². The van der Waals surface area contributed by atoms with Crippen molar-refractivity contribution in [1.29, 1.82) is 0 Å². The molecule has 4 rings (SSSR count). The molecular formula is C23H19F2N3O2. The van der Waals surface area contributed by atoms with Gasteiger partial charge in [-0.15, -0.1) is 0 Å². The molecule has 0 radical (unpaired) electrons. The second-order valence-corrected chi connectivity index (χ2v) is 6.52. The van der Waals surface area contributed by atoms with E-state index in [1.807, 2.05) is 12.9 Å². The van der Waals surface area contributed by atoms with Crippen LogP contribution in [0.15, 0.2) is 66.9 Å². The summed E-state index contributed by atoms with van der Waals surface area (Å²) in [6.07, 6.45) is 1.62. The number of benzene rings is 3. The van der Waals surface area contributed by atoms with Gasteiger partial charge in [0.25, 0.3) is 5.91 Å². The molecule has 1 N–H and O–H groups in total. The van der Waals surface area contributed by atoms with Gasteiger partial charge in [-0.1, -0.05) is 12.1 Å². The Bertz CT molecular complexity index is 1190. The molecule has 1 aromatic heterocycles. The molecule has 152 valence electrons. The fourth-order valence-electron chi connectivity index (χ4n) is 3.17. The van der Waals surface area contributed by atoms with Crippen LogP contribution >= 0.6 is 0 Å². The molecule has 0 fully saturated rings. The van der Waals surface area contributed by atoms with Gasteiger partial charge in [0.05, 0.1) is 23.0 Å². The molecule has 30 heavy (non-hydrogen) atoms. The van der Waals surface area contributed by atoms with Gasteiger partial charge in [-0.2, -0.15) is 5.10 Å². The molecule has 1 heterocycles. The number of amides is 1. The van der Waals surface area contributed by atoms with Gasteiger partial charge in [0.2, 0.25) is 0 Å². The fraction of sp³-hybridized carbons (Fsp3) is 0.0870. The highest BCUT2D eigenvalue weighted by Crippen LogP contribution is 2.22. The average Bonchev–Trinajstić information content (AvgIpc) is 3.19. The third-order valence-electron chi connectivity index (χ3n) is 4.67. The van der Waals surface area contributed by atoms with Gasteiger partial charge in [-0.25, -0.2) is 13.5 Å². The Kier molecular flexibility index (Phi) is 6.32. The first-order valence-electron chi connectivity index (χ1n) is 9.08. The van der Waals surface area contributed by atoms with Gasteiger partial charge in [-0.3, -0.25) is 4.79 Å². The Balaban J connectivity index is 0.00000124. The standard InChI is InChI=1S/C22H17F2N3O.CH2O/c1-14-11-17(24)6-5-15(14)12-25-22(28)19-3-2-4-21-20(19)13-26-27(21)18-9-7-16(23)8-10-18;1-2/h2-11,13H,12H2,1H3,(H,25,28);1H2. The quantitative estimate of drug-likeness (QED) is 0.547. The molecule has 0 atom stereocenters. The third kappa shape index (κ3) is 4.25. The van der Waals surface area contributed by atoms with Crippen LogP contribution in [0.5, 0.6) is 0 Å². The van der Waals surface area contributed by atoms with Gasteiger partial charge in [0.15, 0.2) is 0 Å². The molecule has 1 amide bonds. The summed E-state index contributed by atoms with van der Waals surface area (Å²) in [5.41, 5.74) is 3.57. The zero-order valence-corrected chi connectivity index (χ0v) is 16.2. The monoisotopic (exact) mass is 407 g/mol. The smallest absolute Gasteiger partial charge is 0.252 e. The molecule has 0 saturated carbocycles. The maximum Gasteiger partial charge on any atom is 0.252 e. The van der Waals surface area contributed by atoms with E-state index >= 15 is 0 Å². The van der Waals surface area contributed by atoms with Crippen molar-refractivity contribution in [3.63, 3.8) is 0 Å². The molecule has 0 spiro atoms. The predicted molar refractivity (Wildman–Crippen MR) is 110 cm³/mol. The molecule has 0 aliphatic heterocycles. The SMILES string of the molecule is C=O.Cc1cc(F)ccc1CNC(=O)c1cccc2c1cnn2-c1ccc(F)cc1. The van der Waals surface area contributed by atoms with Crippen LogP contribution in [0, 0.1) is 18.6 Å². The summed E-state index contributed by atoms with van der Waals surface area (Å²) in [4.78, 5) is 20.7. The van der Waals surface area contributed by atoms with Crippen LogP contribution in [0.25, 0.3) is 16.6 Å². The number of nitrogens with one attached hydrogen (secondary N) is 1. The zero-order valence-electron chi connectivity index (χ0n) is 16.2. The molecule has 3 aromatic carbocycles. The largest absolute Gasteiger partial charge is 0.348 e. The van der Waals surface area contributed by atoms with E-state index in [1.54, 1.807) is 48.1 Å². The summed E-state index contributed by atoms with van der Waals surface area (Å²) in [6.45, 7) is 4.10. The van der Waals surface area contributed by atoms with Gasteiger partial charge < -0.3 is 10.1 Å². The minimum absolute atomic E-state index is 0.243. The second kappa shape index (κ2) is 9.09. The number of carbonyl (C=O) groups is 2. The van der Waals surface area contributed by atoms with Crippen LogP contribution in [0.4, 0.5) is 8.78 Å². The molecule has 7 heteroatoms. The zero-order chi connectivity index (χ0) is 21.7. The van der Waals surface area contributed by atoms with Crippen molar-refractivity contribution < 1.29 is 18.4 Å². The summed E-state index contributed by atoms with van der Waals surface area (Å²) in [5, 5.41) is 7.92. The summed E-state index contributed by atoms with van der Waals surface area (Å²) in [5.74, 6) is -0.866. The van der Waals surface area contributed by atoms with E-state index in [9.17, 15) is 13.6 Å². The van der Waals surface area contributed by atoms with Crippen molar-refractivity contribution in [2.45, 2.75) is 13.5 Å². The van der Waals surface area contributed by atoms with Crippen LogP contribution < -0.4 is 5.32 Å². The van der Waals surface area contributed by atoms with Crippen molar-refractivity contribution in [1.82, 2.24) is 15.1 Å². The van der Waals surface area contributed by atoms with Gasteiger partial charge in [-0.05, 0) is 66.6 Å². The van der Waals surface area contributed by atoms with E-state index in [0.29, 0.717) is 23.2 Å². The lowest BCUT2D eigenvalue weighted by molar-refractivity contribution is -0.0980. The molecular weight excluding hydrogens is 388 g/mol. The highest BCUT2D eigenvalue weighted by Gasteiger charge is 2.14. The highest BCUT2D eigenvalue weighted by molar-refractivity contribution is 6.06. The van der Waals surface area contributed by atoms with Crippen molar-refractivity contribution in [3.8, 4) is 5.69 Å². The first kappa shape index (κ1) is 20.9. The lowest BCUT2D eigenvalue weighted by Crippen LogP contribution is -2.23. The number of nitrogens with zero attached hydrogens (tertiary/aromatic N) is 2. The van der Waals surface area contributed by atoms with E-state index in [2.05, 4.69) is 10.4 Å². The van der Waals surface area contributed by atoms with E-state index in [-0.39, 0.29) is 17.5 Å². The van der Waals surface area contributed by atoms with Crippen LogP contribution in [-0.2, 0) is 11.3 Å².